The number of carbonyl (C=O) groups is 2. The first kappa shape index (κ1) is 24.8. The summed E-state index contributed by atoms with van der Waals surface area (Å²) < 4.78 is 0. The van der Waals surface area contributed by atoms with Crippen LogP contribution in [0.15, 0.2) is 30.3 Å². The highest BCUT2D eigenvalue weighted by molar-refractivity contribution is 5.82. The monoisotopic (exact) mass is 441 g/mol. The minimum Gasteiger partial charge on any atom is -0.352 e. The van der Waals surface area contributed by atoms with Gasteiger partial charge in [-0.05, 0) is 56.9 Å². The van der Waals surface area contributed by atoms with Crippen molar-refractivity contribution in [1.82, 2.24) is 15.1 Å². The van der Waals surface area contributed by atoms with Crippen LogP contribution in [-0.2, 0) is 16.0 Å². The number of carbonyl (C=O) groups excluding carboxylic acids is 2. The minimum atomic E-state index is -0.0536. The lowest BCUT2D eigenvalue weighted by Gasteiger charge is -2.41. The summed E-state index contributed by atoms with van der Waals surface area (Å²) in [6.07, 6.45) is 8.48. The molecule has 2 atom stereocenters. The van der Waals surface area contributed by atoms with Crippen molar-refractivity contribution >= 4 is 11.8 Å². The van der Waals surface area contributed by atoms with Gasteiger partial charge in [0.1, 0.15) is 0 Å². The fourth-order valence-electron chi connectivity index (χ4n) is 5.50. The highest BCUT2D eigenvalue weighted by Gasteiger charge is 2.38. The molecule has 178 valence electrons. The molecule has 5 nitrogen and oxygen atoms in total. The van der Waals surface area contributed by atoms with Crippen LogP contribution in [-0.4, -0.2) is 59.9 Å². The number of aryl methyl sites for hydroxylation is 1. The number of benzene rings is 1. The Morgan fingerprint density at radius 2 is 1.62 bits per heavy atom. The number of hydrogen-bond acceptors (Lipinski definition) is 3. The Bertz CT molecular complexity index is 705. The quantitative estimate of drug-likeness (QED) is 0.590. The van der Waals surface area contributed by atoms with Gasteiger partial charge in [0.2, 0.25) is 11.8 Å². The zero-order chi connectivity index (χ0) is 22.9. The molecular formula is C27H43N3O2. The molecule has 3 rings (SSSR count). The first-order chi connectivity index (χ1) is 15.5. The first-order valence-electron chi connectivity index (χ1n) is 12.9. The third kappa shape index (κ3) is 6.57. The van der Waals surface area contributed by atoms with Crippen LogP contribution in [0.1, 0.15) is 71.3 Å². The van der Waals surface area contributed by atoms with Crippen molar-refractivity contribution in [2.24, 2.45) is 11.8 Å². The maximum atomic E-state index is 13.4. The van der Waals surface area contributed by atoms with E-state index in [-0.39, 0.29) is 23.9 Å². The van der Waals surface area contributed by atoms with Crippen molar-refractivity contribution < 1.29 is 9.59 Å². The van der Waals surface area contributed by atoms with Gasteiger partial charge in [-0.2, -0.15) is 0 Å². The minimum absolute atomic E-state index is 0.0536. The Hall–Kier alpha value is -1.88. The van der Waals surface area contributed by atoms with E-state index in [1.807, 2.05) is 11.0 Å². The van der Waals surface area contributed by atoms with E-state index < -0.39 is 0 Å². The molecular weight excluding hydrogens is 398 g/mol. The van der Waals surface area contributed by atoms with Gasteiger partial charge in [-0.15, -0.1) is 0 Å². The number of hydrogen-bond donors (Lipinski definition) is 1. The first-order valence-corrected chi connectivity index (χ1v) is 12.9. The zero-order valence-corrected chi connectivity index (χ0v) is 20.4. The Morgan fingerprint density at radius 3 is 2.22 bits per heavy atom. The fraction of sp³-hybridized carbons (Fsp3) is 0.704. The lowest BCUT2D eigenvalue weighted by molar-refractivity contribution is -0.139. The second-order valence-corrected chi connectivity index (χ2v) is 9.80. The molecule has 1 aliphatic carbocycles. The van der Waals surface area contributed by atoms with Crippen molar-refractivity contribution in [3.63, 3.8) is 0 Å². The van der Waals surface area contributed by atoms with Gasteiger partial charge in [0.15, 0.2) is 0 Å². The van der Waals surface area contributed by atoms with Crippen molar-refractivity contribution in [2.45, 2.75) is 84.2 Å². The summed E-state index contributed by atoms with van der Waals surface area (Å²) in [4.78, 5) is 30.6. The highest BCUT2D eigenvalue weighted by Crippen LogP contribution is 2.31. The molecule has 1 aliphatic heterocycles. The molecule has 1 N–H and O–H groups in total. The fourth-order valence-corrected chi connectivity index (χ4v) is 5.50. The standard InChI is InChI=1S/C27H43N3O2/c1-4-23(5-2)27(32)30-19-17-29(18-20-30)25(24-13-9-10-14-24)26(31)28-21(3)15-16-22-11-7-6-8-12-22/h6-8,11-12,21,23-25H,4-5,9-10,13-20H2,1-3H3,(H,28,31). The summed E-state index contributed by atoms with van der Waals surface area (Å²) in [5, 5.41) is 3.33. The SMILES string of the molecule is CCC(CC)C(=O)N1CCN(C(C(=O)NC(C)CCc2ccccc2)C2CCCC2)CC1. The Balaban J connectivity index is 1.56. The molecule has 1 aromatic rings. The smallest absolute Gasteiger partial charge is 0.237 e. The number of amides is 2. The van der Waals surface area contributed by atoms with E-state index in [9.17, 15) is 9.59 Å². The van der Waals surface area contributed by atoms with Gasteiger partial charge in [-0.1, -0.05) is 57.0 Å². The predicted octanol–water partition coefficient (Wildman–Crippen LogP) is 4.26. The van der Waals surface area contributed by atoms with Gasteiger partial charge in [0.25, 0.3) is 0 Å². The molecule has 1 saturated heterocycles. The van der Waals surface area contributed by atoms with Crippen LogP contribution in [0.4, 0.5) is 0 Å². The van der Waals surface area contributed by atoms with Gasteiger partial charge in [0, 0.05) is 38.1 Å². The molecule has 1 saturated carbocycles. The van der Waals surface area contributed by atoms with E-state index in [0.29, 0.717) is 11.8 Å². The molecule has 32 heavy (non-hydrogen) atoms. The van der Waals surface area contributed by atoms with Gasteiger partial charge in [-0.3, -0.25) is 14.5 Å². The number of nitrogens with one attached hydrogen (secondary N) is 1. The zero-order valence-electron chi connectivity index (χ0n) is 20.4. The maximum Gasteiger partial charge on any atom is 0.237 e. The van der Waals surface area contributed by atoms with Crippen LogP contribution in [0.25, 0.3) is 0 Å². The van der Waals surface area contributed by atoms with Crippen molar-refractivity contribution in [2.75, 3.05) is 26.2 Å². The van der Waals surface area contributed by atoms with E-state index in [0.717, 1.165) is 64.7 Å². The van der Waals surface area contributed by atoms with E-state index in [2.05, 4.69) is 55.3 Å². The van der Waals surface area contributed by atoms with Crippen LogP contribution in [0.3, 0.4) is 0 Å². The summed E-state index contributed by atoms with van der Waals surface area (Å²) in [7, 11) is 0. The highest BCUT2D eigenvalue weighted by atomic mass is 16.2. The molecule has 2 fully saturated rings. The van der Waals surface area contributed by atoms with Crippen molar-refractivity contribution in [1.29, 1.82) is 0 Å². The van der Waals surface area contributed by atoms with E-state index >= 15 is 0 Å². The van der Waals surface area contributed by atoms with Gasteiger partial charge < -0.3 is 10.2 Å². The summed E-state index contributed by atoms with van der Waals surface area (Å²) in [5.74, 6) is 1.07. The van der Waals surface area contributed by atoms with E-state index in [1.54, 1.807) is 0 Å². The van der Waals surface area contributed by atoms with Crippen LogP contribution >= 0.6 is 0 Å². The second kappa shape index (κ2) is 12.4. The third-order valence-electron chi connectivity index (χ3n) is 7.57. The van der Waals surface area contributed by atoms with Crippen LogP contribution in [0, 0.1) is 11.8 Å². The Kier molecular flexibility index (Phi) is 9.58. The summed E-state index contributed by atoms with van der Waals surface area (Å²) in [6, 6.07) is 10.6. The molecule has 2 unspecified atom stereocenters. The average molecular weight is 442 g/mol. The van der Waals surface area contributed by atoms with Crippen LogP contribution in [0.2, 0.25) is 0 Å². The lowest BCUT2D eigenvalue weighted by atomic mass is 9.94. The normalized spacial score (nSPS) is 19.8. The molecule has 0 bridgehead atoms. The summed E-state index contributed by atoms with van der Waals surface area (Å²) >= 11 is 0. The maximum absolute atomic E-state index is 13.4. The largest absolute Gasteiger partial charge is 0.352 e. The Morgan fingerprint density at radius 1 is 1.00 bits per heavy atom. The third-order valence-corrected chi connectivity index (χ3v) is 7.57. The van der Waals surface area contributed by atoms with E-state index in [4.69, 9.17) is 0 Å². The van der Waals surface area contributed by atoms with Gasteiger partial charge in [-0.25, -0.2) is 0 Å². The van der Waals surface area contributed by atoms with Gasteiger partial charge in [0.05, 0.1) is 6.04 Å². The molecule has 5 heteroatoms. The molecule has 2 aliphatic rings. The number of nitrogens with zero attached hydrogens (tertiary/aromatic N) is 2. The summed E-state index contributed by atoms with van der Waals surface area (Å²) in [5.41, 5.74) is 1.32. The second-order valence-electron chi connectivity index (χ2n) is 9.80. The molecule has 1 heterocycles. The molecule has 0 spiro atoms. The Labute approximate surface area is 194 Å². The molecule has 1 aromatic carbocycles. The molecule has 0 aromatic heterocycles. The lowest BCUT2D eigenvalue weighted by Crippen LogP contribution is -2.59. The summed E-state index contributed by atoms with van der Waals surface area (Å²) in [6.45, 7) is 9.42. The predicted molar refractivity (Wildman–Crippen MR) is 130 cm³/mol. The van der Waals surface area contributed by atoms with Crippen LogP contribution in [0.5, 0.6) is 0 Å². The average Bonchev–Trinajstić information content (AvgIpc) is 3.34. The topological polar surface area (TPSA) is 52.7 Å². The number of piperazine rings is 1. The molecule has 2 amide bonds. The van der Waals surface area contributed by atoms with Crippen LogP contribution < -0.4 is 5.32 Å². The van der Waals surface area contributed by atoms with E-state index in [1.165, 1.54) is 18.4 Å². The van der Waals surface area contributed by atoms with Crippen molar-refractivity contribution in [3.8, 4) is 0 Å². The molecule has 0 radical (unpaired) electrons. The van der Waals surface area contributed by atoms with Gasteiger partial charge >= 0.3 is 0 Å². The van der Waals surface area contributed by atoms with Crippen molar-refractivity contribution in [3.05, 3.63) is 35.9 Å². The number of rotatable bonds is 10.